The third-order valence-corrected chi connectivity index (χ3v) is 4.40. The number of hydrogen-bond donors (Lipinski definition) is 2. The minimum Gasteiger partial charge on any atom is -0.389 e. The molecule has 3 aromatic rings. The van der Waals surface area contributed by atoms with Crippen LogP contribution < -0.4 is 0 Å². The topological polar surface area (TPSA) is 48.9 Å². The number of nitrogens with zero attached hydrogens (tertiary/aromatic N) is 1. The van der Waals surface area contributed by atoms with Crippen LogP contribution in [0.1, 0.15) is 18.6 Å². The molecular weight excluding hydrogens is 292 g/mol. The molecule has 0 saturated heterocycles. The van der Waals surface area contributed by atoms with Crippen molar-refractivity contribution in [1.82, 2.24) is 9.97 Å². The second-order valence-electron chi connectivity index (χ2n) is 4.53. The number of benzene rings is 2. The highest BCUT2D eigenvalue weighted by atomic mass is 35.5. The molecule has 3 nitrogen and oxygen atoms in total. The van der Waals surface area contributed by atoms with Gasteiger partial charge in [-0.05, 0) is 36.8 Å². The van der Waals surface area contributed by atoms with Crippen LogP contribution in [0.3, 0.4) is 0 Å². The summed E-state index contributed by atoms with van der Waals surface area (Å²) in [6.45, 7) is 1.72. The summed E-state index contributed by atoms with van der Waals surface area (Å²) >= 11 is 7.73. The summed E-state index contributed by atoms with van der Waals surface area (Å²) < 4.78 is 0. The number of aromatic nitrogens is 2. The van der Waals surface area contributed by atoms with Crippen LogP contribution in [0.25, 0.3) is 11.0 Å². The molecule has 0 saturated carbocycles. The van der Waals surface area contributed by atoms with Crippen LogP contribution in [0.2, 0.25) is 5.02 Å². The summed E-state index contributed by atoms with van der Waals surface area (Å²) in [6, 6.07) is 13.5. The minimum atomic E-state index is -0.516. The van der Waals surface area contributed by atoms with Gasteiger partial charge in [0.05, 0.1) is 22.2 Å². The molecule has 3 rings (SSSR count). The second-order valence-corrected chi connectivity index (χ2v) is 5.96. The highest BCUT2D eigenvalue weighted by molar-refractivity contribution is 7.99. The van der Waals surface area contributed by atoms with Crippen molar-refractivity contribution in [3.63, 3.8) is 0 Å². The van der Waals surface area contributed by atoms with E-state index in [2.05, 4.69) is 9.97 Å². The van der Waals surface area contributed by atoms with Crippen LogP contribution in [0.15, 0.2) is 52.5 Å². The second kappa shape index (κ2) is 5.48. The molecule has 0 unspecified atom stereocenters. The van der Waals surface area contributed by atoms with Gasteiger partial charge in [-0.3, -0.25) is 0 Å². The van der Waals surface area contributed by atoms with Crippen molar-refractivity contribution < 1.29 is 5.11 Å². The van der Waals surface area contributed by atoms with Gasteiger partial charge in [0.1, 0.15) is 0 Å². The predicted octanol–water partition coefficient (Wildman–Crippen LogP) is 4.42. The Morgan fingerprint density at radius 1 is 1.25 bits per heavy atom. The van der Waals surface area contributed by atoms with Gasteiger partial charge in [-0.2, -0.15) is 0 Å². The standard InChI is InChI=1S/C15H13ClN2OS/c1-9(19)10-6-7-14(11(16)8-10)20-15-17-12-4-2-3-5-13(12)18-15/h2-9,19H,1H3,(H,17,18)/t9-/m0/s1. The van der Waals surface area contributed by atoms with Crippen molar-refractivity contribution >= 4 is 34.4 Å². The lowest BCUT2D eigenvalue weighted by molar-refractivity contribution is 0.199. The van der Waals surface area contributed by atoms with E-state index in [0.717, 1.165) is 26.6 Å². The maximum atomic E-state index is 9.54. The van der Waals surface area contributed by atoms with Crippen LogP contribution in [0.5, 0.6) is 0 Å². The summed E-state index contributed by atoms with van der Waals surface area (Å²) in [7, 11) is 0. The van der Waals surface area contributed by atoms with E-state index in [9.17, 15) is 5.11 Å². The summed E-state index contributed by atoms with van der Waals surface area (Å²) in [4.78, 5) is 8.67. The highest BCUT2D eigenvalue weighted by Crippen LogP contribution is 2.34. The first-order valence-electron chi connectivity index (χ1n) is 6.23. The van der Waals surface area contributed by atoms with Gasteiger partial charge in [0, 0.05) is 4.90 Å². The third-order valence-electron chi connectivity index (χ3n) is 3.01. The molecule has 0 amide bonds. The van der Waals surface area contributed by atoms with E-state index in [1.54, 1.807) is 13.0 Å². The lowest BCUT2D eigenvalue weighted by Gasteiger charge is -2.07. The smallest absolute Gasteiger partial charge is 0.171 e. The molecule has 2 aromatic carbocycles. The number of imidazole rings is 1. The number of aliphatic hydroxyl groups excluding tert-OH is 1. The Balaban J connectivity index is 1.90. The number of aromatic amines is 1. The summed E-state index contributed by atoms with van der Waals surface area (Å²) in [6.07, 6.45) is -0.516. The minimum absolute atomic E-state index is 0.516. The van der Waals surface area contributed by atoms with Crippen LogP contribution >= 0.6 is 23.4 Å². The molecule has 1 atom stereocenters. The summed E-state index contributed by atoms with van der Waals surface area (Å²) in [5.74, 6) is 0. The average Bonchev–Trinajstić information content (AvgIpc) is 2.83. The van der Waals surface area contributed by atoms with Gasteiger partial charge < -0.3 is 10.1 Å². The first-order chi connectivity index (χ1) is 9.63. The number of fused-ring (bicyclic) bond motifs is 1. The third kappa shape index (κ3) is 2.68. The molecule has 0 aliphatic heterocycles. The van der Waals surface area contributed by atoms with Gasteiger partial charge in [0.25, 0.3) is 0 Å². The SMILES string of the molecule is C[C@H](O)c1ccc(Sc2nc3ccccc3[nH]2)c(Cl)c1. The maximum absolute atomic E-state index is 9.54. The molecular formula is C15H13ClN2OS. The molecule has 0 bridgehead atoms. The number of rotatable bonds is 3. The largest absolute Gasteiger partial charge is 0.389 e. The van der Waals surface area contributed by atoms with Crippen molar-refractivity contribution in [1.29, 1.82) is 0 Å². The van der Waals surface area contributed by atoms with Crippen LogP contribution in [0, 0.1) is 0 Å². The van der Waals surface area contributed by atoms with Gasteiger partial charge in [0.2, 0.25) is 0 Å². The zero-order chi connectivity index (χ0) is 14.1. The monoisotopic (exact) mass is 304 g/mol. The Hall–Kier alpha value is -1.49. The zero-order valence-electron chi connectivity index (χ0n) is 10.8. The number of aliphatic hydroxyl groups is 1. The maximum Gasteiger partial charge on any atom is 0.171 e. The summed E-state index contributed by atoms with van der Waals surface area (Å²) in [5.41, 5.74) is 2.75. The first-order valence-corrected chi connectivity index (χ1v) is 7.43. The van der Waals surface area contributed by atoms with E-state index < -0.39 is 6.10 Å². The molecule has 5 heteroatoms. The fourth-order valence-electron chi connectivity index (χ4n) is 1.94. The Labute approximate surface area is 126 Å². The zero-order valence-corrected chi connectivity index (χ0v) is 12.4. The molecule has 0 fully saturated rings. The molecule has 20 heavy (non-hydrogen) atoms. The average molecular weight is 305 g/mol. The van der Waals surface area contributed by atoms with Gasteiger partial charge in [-0.15, -0.1) is 0 Å². The highest BCUT2D eigenvalue weighted by Gasteiger charge is 2.09. The van der Waals surface area contributed by atoms with Gasteiger partial charge >= 0.3 is 0 Å². The Kier molecular flexibility index (Phi) is 3.70. The molecule has 2 N–H and O–H groups in total. The predicted molar refractivity (Wildman–Crippen MR) is 82.3 cm³/mol. The van der Waals surface area contributed by atoms with Crippen LogP contribution in [-0.2, 0) is 0 Å². The van der Waals surface area contributed by atoms with E-state index in [0.29, 0.717) is 5.02 Å². The van der Waals surface area contributed by atoms with E-state index in [4.69, 9.17) is 11.6 Å². The van der Waals surface area contributed by atoms with Gasteiger partial charge in [-0.1, -0.05) is 41.6 Å². The van der Waals surface area contributed by atoms with E-state index in [-0.39, 0.29) is 0 Å². The molecule has 0 aliphatic carbocycles. The first kappa shape index (κ1) is 13.5. The normalized spacial score (nSPS) is 12.8. The van der Waals surface area contributed by atoms with Crippen molar-refractivity contribution in [2.24, 2.45) is 0 Å². The number of hydrogen-bond acceptors (Lipinski definition) is 3. The number of para-hydroxylation sites is 2. The fourth-order valence-corrected chi connectivity index (χ4v) is 3.05. The van der Waals surface area contributed by atoms with Crippen molar-refractivity contribution in [3.8, 4) is 0 Å². The molecule has 0 spiro atoms. The summed E-state index contributed by atoms with van der Waals surface area (Å²) in [5, 5.41) is 11.0. The molecule has 1 heterocycles. The molecule has 0 radical (unpaired) electrons. The Bertz CT molecular complexity index is 721. The van der Waals surface area contributed by atoms with Crippen molar-refractivity contribution in [2.75, 3.05) is 0 Å². The van der Waals surface area contributed by atoms with E-state index in [1.165, 1.54) is 11.8 Å². The van der Waals surface area contributed by atoms with E-state index in [1.807, 2.05) is 36.4 Å². The van der Waals surface area contributed by atoms with Crippen LogP contribution in [0.4, 0.5) is 0 Å². The van der Waals surface area contributed by atoms with E-state index >= 15 is 0 Å². The molecule has 1 aromatic heterocycles. The number of H-pyrrole nitrogens is 1. The lowest BCUT2D eigenvalue weighted by Crippen LogP contribution is -1.90. The van der Waals surface area contributed by atoms with Crippen molar-refractivity contribution in [2.45, 2.75) is 23.1 Å². The Morgan fingerprint density at radius 3 is 2.75 bits per heavy atom. The quantitative estimate of drug-likeness (QED) is 0.753. The number of nitrogens with one attached hydrogen (secondary N) is 1. The van der Waals surface area contributed by atoms with Crippen LogP contribution in [-0.4, -0.2) is 15.1 Å². The fraction of sp³-hybridized carbons (Fsp3) is 0.133. The van der Waals surface area contributed by atoms with Gasteiger partial charge in [-0.25, -0.2) is 4.98 Å². The van der Waals surface area contributed by atoms with Gasteiger partial charge in [0.15, 0.2) is 5.16 Å². The Morgan fingerprint density at radius 2 is 2.05 bits per heavy atom. The lowest BCUT2D eigenvalue weighted by atomic mass is 10.1. The molecule has 0 aliphatic rings. The molecule has 102 valence electrons. The van der Waals surface area contributed by atoms with Crippen molar-refractivity contribution in [3.05, 3.63) is 53.1 Å². The number of halogens is 1.